The van der Waals surface area contributed by atoms with Crippen molar-refractivity contribution in [3.05, 3.63) is 24.3 Å². The van der Waals surface area contributed by atoms with Gasteiger partial charge in [0.05, 0.1) is 23.5 Å². The SMILES string of the molecule is C#CCCCN1CC(NCOCCCCCC)N(c2nc3ccccc3s2)C1=O. The van der Waals surface area contributed by atoms with E-state index in [2.05, 4.69) is 23.1 Å². The third kappa shape index (κ3) is 5.69. The summed E-state index contributed by atoms with van der Waals surface area (Å²) < 4.78 is 6.82. The first kappa shape index (κ1) is 21.6. The van der Waals surface area contributed by atoms with Gasteiger partial charge in [0.25, 0.3) is 0 Å². The Hall–Kier alpha value is -2.14. The predicted octanol–water partition coefficient (Wildman–Crippen LogP) is 4.42. The van der Waals surface area contributed by atoms with Gasteiger partial charge >= 0.3 is 6.03 Å². The Bertz CT molecular complexity index is 799. The number of aromatic nitrogens is 1. The molecule has 3 rings (SSSR count). The Balaban J connectivity index is 1.64. The molecule has 0 spiro atoms. The molecule has 1 aromatic carbocycles. The van der Waals surface area contributed by atoms with Gasteiger partial charge < -0.3 is 9.64 Å². The summed E-state index contributed by atoms with van der Waals surface area (Å²) in [4.78, 5) is 21.4. The molecule has 1 aliphatic rings. The molecule has 2 heterocycles. The maximum Gasteiger partial charge on any atom is 0.327 e. The van der Waals surface area contributed by atoms with Crippen LogP contribution in [0.25, 0.3) is 10.2 Å². The van der Waals surface area contributed by atoms with Gasteiger partial charge in [-0.2, -0.15) is 0 Å². The maximum absolute atomic E-state index is 13.1. The van der Waals surface area contributed by atoms with Crippen LogP contribution in [0, 0.1) is 12.3 Å². The van der Waals surface area contributed by atoms with Crippen LogP contribution in [-0.2, 0) is 4.74 Å². The van der Waals surface area contributed by atoms with Crippen molar-refractivity contribution in [3.63, 3.8) is 0 Å². The van der Waals surface area contributed by atoms with E-state index in [-0.39, 0.29) is 12.2 Å². The second kappa shape index (κ2) is 11.1. The number of hydrogen-bond acceptors (Lipinski definition) is 5. The van der Waals surface area contributed by atoms with Crippen LogP contribution in [0.4, 0.5) is 9.93 Å². The minimum atomic E-state index is -0.162. The van der Waals surface area contributed by atoms with E-state index >= 15 is 0 Å². The summed E-state index contributed by atoms with van der Waals surface area (Å²) in [6, 6.07) is 7.93. The Morgan fingerprint density at radius 1 is 1.31 bits per heavy atom. The number of nitrogens with zero attached hydrogens (tertiary/aromatic N) is 3. The van der Waals surface area contributed by atoms with E-state index in [0.29, 0.717) is 26.2 Å². The number of anilines is 1. The van der Waals surface area contributed by atoms with Gasteiger partial charge in [-0.15, -0.1) is 12.3 Å². The minimum Gasteiger partial charge on any atom is -0.366 e. The maximum atomic E-state index is 13.1. The highest BCUT2D eigenvalue weighted by molar-refractivity contribution is 7.22. The summed E-state index contributed by atoms with van der Waals surface area (Å²) in [5, 5.41) is 4.10. The van der Waals surface area contributed by atoms with Crippen LogP contribution in [0.5, 0.6) is 0 Å². The number of ether oxygens (including phenoxy) is 1. The topological polar surface area (TPSA) is 57.7 Å². The van der Waals surface area contributed by atoms with E-state index in [1.54, 1.807) is 4.90 Å². The molecule has 1 saturated heterocycles. The van der Waals surface area contributed by atoms with Crippen molar-refractivity contribution in [2.75, 3.05) is 31.3 Å². The molecule has 1 atom stereocenters. The van der Waals surface area contributed by atoms with E-state index < -0.39 is 0 Å². The van der Waals surface area contributed by atoms with Crippen LogP contribution >= 0.6 is 11.3 Å². The lowest BCUT2D eigenvalue weighted by molar-refractivity contribution is 0.105. The zero-order valence-electron chi connectivity index (χ0n) is 17.1. The van der Waals surface area contributed by atoms with Gasteiger partial charge in [0.15, 0.2) is 5.13 Å². The van der Waals surface area contributed by atoms with E-state index in [1.165, 1.54) is 30.6 Å². The monoisotopic (exact) mass is 414 g/mol. The van der Waals surface area contributed by atoms with Crippen molar-refractivity contribution >= 4 is 32.7 Å². The van der Waals surface area contributed by atoms with Gasteiger partial charge in [0.2, 0.25) is 0 Å². The Morgan fingerprint density at radius 3 is 2.97 bits per heavy atom. The summed E-state index contributed by atoms with van der Waals surface area (Å²) in [5.41, 5.74) is 0.914. The molecule has 29 heavy (non-hydrogen) atoms. The Morgan fingerprint density at radius 2 is 2.17 bits per heavy atom. The van der Waals surface area contributed by atoms with Crippen molar-refractivity contribution in [1.82, 2.24) is 15.2 Å². The lowest BCUT2D eigenvalue weighted by Gasteiger charge is -2.21. The number of fused-ring (bicyclic) bond motifs is 1. The number of carbonyl (C=O) groups excluding carboxylic acids is 1. The number of urea groups is 1. The molecule has 0 aliphatic carbocycles. The van der Waals surface area contributed by atoms with E-state index in [1.807, 2.05) is 29.2 Å². The molecule has 0 radical (unpaired) electrons. The lowest BCUT2D eigenvalue weighted by atomic mass is 10.2. The largest absolute Gasteiger partial charge is 0.366 e. The molecule has 2 aromatic rings. The van der Waals surface area contributed by atoms with Gasteiger partial charge in [0.1, 0.15) is 6.17 Å². The zero-order chi connectivity index (χ0) is 20.5. The highest BCUT2D eigenvalue weighted by atomic mass is 32.1. The number of carbonyl (C=O) groups is 1. The third-order valence-corrected chi connectivity index (χ3v) is 6.02. The molecule has 1 fully saturated rings. The summed E-state index contributed by atoms with van der Waals surface area (Å²) >= 11 is 1.54. The van der Waals surface area contributed by atoms with Crippen LogP contribution in [0.15, 0.2) is 24.3 Å². The van der Waals surface area contributed by atoms with E-state index in [9.17, 15) is 4.79 Å². The van der Waals surface area contributed by atoms with Gasteiger partial charge in [0, 0.05) is 19.6 Å². The molecule has 2 amide bonds. The van der Waals surface area contributed by atoms with Gasteiger partial charge in [-0.1, -0.05) is 49.7 Å². The molecule has 1 aliphatic heterocycles. The molecule has 156 valence electrons. The molecule has 7 heteroatoms. The second-order valence-electron chi connectivity index (χ2n) is 7.20. The first-order valence-corrected chi connectivity index (χ1v) is 11.2. The molecule has 1 N–H and O–H groups in total. The van der Waals surface area contributed by atoms with Crippen LogP contribution < -0.4 is 10.2 Å². The second-order valence-corrected chi connectivity index (χ2v) is 8.21. The smallest absolute Gasteiger partial charge is 0.327 e. The molecule has 6 nitrogen and oxygen atoms in total. The number of thiazole rings is 1. The molecule has 1 unspecified atom stereocenters. The van der Waals surface area contributed by atoms with Crippen molar-refractivity contribution < 1.29 is 9.53 Å². The number of amides is 2. The molecular formula is C22H30N4O2S. The fraction of sp³-hybridized carbons (Fsp3) is 0.545. The quantitative estimate of drug-likeness (QED) is 0.317. The number of benzene rings is 1. The van der Waals surface area contributed by atoms with Crippen molar-refractivity contribution in [2.45, 2.75) is 51.6 Å². The fourth-order valence-electron chi connectivity index (χ4n) is 3.41. The van der Waals surface area contributed by atoms with E-state index in [0.717, 1.165) is 34.8 Å². The van der Waals surface area contributed by atoms with E-state index in [4.69, 9.17) is 11.2 Å². The number of unbranched alkanes of at least 4 members (excludes halogenated alkanes) is 4. The normalized spacial score (nSPS) is 16.7. The van der Waals surface area contributed by atoms with Gasteiger partial charge in [-0.25, -0.2) is 9.78 Å². The highest BCUT2D eigenvalue weighted by Crippen LogP contribution is 2.32. The lowest BCUT2D eigenvalue weighted by Crippen LogP contribution is -2.45. The van der Waals surface area contributed by atoms with Crippen molar-refractivity contribution in [3.8, 4) is 12.3 Å². The predicted molar refractivity (Wildman–Crippen MR) is 119 cm³/mol. The fourth-order valence-corrected chi connectivity index (χ4v) is 4.41. The van der Waals surface area contributed by atoms with Crippen LogP contribution in [0.2, 0.25) is 0 Å². The standard InChI is InChI=1S/C22H30N4O2S/c1-3-5-7-11-15-28-17-23-20-16-25(14-10-6-4-2)22(27)26(20)21-24-18-12-8-9-13-19(18)29-21/h2,8-9,12-13,20,23H,3,5-7,10-11,14-17H2,1H3. The average molecular weight is 415 g/mol. The summed E-state index contributed by atoms with van der Waals surface area (Å²) in [6.45, 7) is 4.61. The minimum absolute atomic E-state index is 0.0264. The van der Waals surface area contributed by atoms with Crippen molar-refractivity contribution in [1.29, 1.82) is 0 Å². The molecule has 0 bridgehead atoms. The third-order valence-electron chi connectivity index (χ3n) is 4.98. The highest BCUT2D eigenvalue weighted by Gasteiger charge is 2.39. The Labute approximate surface area is 177 Å². The first-order valence-electron chi connectivity index (χ1n) is 10.4. The average Bonchev–Trinajstić information content (AvgIpc) is 3.28. The summed E-state index contributed by atoms with van der Waals surface area (Å²) in [7, 11) is 0. The van der Waals surface area contributed by atoms with Crippen LogP contribution in [0.1, 0.15) is 45.4 Å². The Kier molecular flexibility index (Phi) is 8.29. The number of para-hydroxylation sites is 1. The van der Waals surface area contributed by atoms with Gasteiger partial charge in [-0.05, 0) is 25.0 Å². The number of nitrogens with one attached hydrogen (secondary N) is 1. The van der Waals surface area contributed by atoms with Crippen molar-refractivity contribution in [2.24, 2.45) is 0 Å². The summed E-state index contributed by atoms with van der Waals surface area (Å²) in [6.07, 6.45) is 11.4. The van der Waals surface area contributed by atoms with Crippen LogP contribution in [0.3, 0.4) is 0 Å². The number of terminal acetylenes is 1. The molecular weight excluding hydrogens is 384 g/mol. The molecule has 0 saturated carbocycles. The summed E-state index contributed by atoms with van der Waals surface area (Å²) in [5.74, 6) is 2.64. The molecule has 1 aromatic heterocycles. The number of hydrogen-bond donors (Lipinski definition) is 1. The number of rotatable bonds is 12. The first-order chi connectivity index (χ1) is 14.2. The van der Waals surface area contributed by atoms with Gasteiger partial charge in [-0.3, -0.25) is 10.2 Å². The zero-order valence-corrected chi connectivity index (χ0v) is 17.9. The van der Waals surface area contributed by atoms with Crippen LogP contribution in [-0.4, -0.2) is 48.5 Å².